The lowest BCUT2D eigenvalue weighted by atomic mass is 9.89. The maximum atomic E-state index is 5.90. The molecule has 0 aromatic carbocycles. The van der Waals surface area contributed by atoms with Gasteiger partial charge < -0.3 is 14.0 Å². The molecular formula is C10H16BNO3S. The van der Waals surface area contributed by atoms with Crippen LogP contribution in [0.15, 0.2) is 6.20 Å². The summed E-state index contributed by atoms with van der Waals surface area (Å²) in [5.41, 5.74) is -0.621. The van der Waals surface area contributed by atoms with Gasteiger partial charge in [0.25, 0.3) is 5.19 Å². The van der Waals surface area contributed by atoms with E-state index in [1.54, 1.807) is 13.3 Å². The molecule has 0 atom stereocenters. The van der Waals surface area contributed by atoms with E-state index in [0.29, 0.717) is 5.19 Å². The van der Waals surface area contributed by atoms with Crippen LogP contribution in [0.25, 0.3) is 0 Å². The lowest BCUT2D eigenvalue weighted by Gasteiger charge is -2.32. The van der Waals surface area contributed by atoms with Crippen LogP contribution in [0, 0.1) is 0 Å². The number of aromatic nitrogens is 1. The number of methoxy groups -OCH3 is 1. The molecule has 0 unspecified atom stereocenters. The van der Waals surface area contributed by atoms with Crippen LogP contribution in [0.2, 0.25) is 0 Å². The molecule has 2 heterocycles. The van der Waals surface area contributed by atoms with Gasteiger partial charge in [0.15, 0.2) is 0 Å². The van der Waals surface area contributed by atoms with E-state index in [1.807, 2.05) is 27.7 Å². The number of ether oxygens (including phenoxy) is 1. The highest BCUT2D eigenvalue weighted by atomic mass is 32.1. The largest absolute Gasteiger partial charge is 0.507 e. The van der Waals surface area contributed by atoms with Gasteiger partial charge in [-0.25, -0.2) is 4.98 Å². The number of hydrogen-bond acceptors (Lipinski definition) is 5. The minimum absolute atomic E-state index is 0.311. The predicted octanol–water partition coefficient (Wildman–Crippen LogP) is 1.45. The Bertz CT molecular complexity index is 375. The van der Waals surface area contributed by atoms with E-state index in [-0.39, 0.29) is 18.3 Å². The van der Waals surface area contributed by atoms with Crippen molar-refractivity contribution < 1.29 is 14.0 Å². The standard InChI is InChI=1S/C10H16BNO3S/c1-9(2)10(3,4)15-11(14-9)7-6-12-8(13-5)16-7/h6H,1-5H3. The summed E-state index contributed by atoms with van der Waals surface area (Å²) in [4.78, 5) is 4.11. The number of rotatable bonds is 2. The fourth-order valence-electron chi connectivity index (χ4n) is 1.43. The topological polar surface area (TPSA) is 40.6 Å². The lowest BCUT2D eigenvalue weighted by Crippen LogP contribution is -2.41. The van der Waals surface area contributed by atoms with Gasteiger partial charge in [0, 0.05) is 6.20 Å². The van der Waals surface area contributed by atoms with Crippen LogP contribution < -0.4 is 9.51 Å². The van der Waals surface area contributed by atoms with E-state index in [9.17, 15) is 0 Å². The van der Waals surface area contributed by atoms with E-state index in [4.69, 9.17) is 14.0 Å². The van der Waals surface area contributed by atoms with Crippen molar-refractivity contribution in [3.8, 4) is 5.19 Å². The summed E-state index contributed by atoms with van der Waals surface area (Å²) in [5.74, 6) is 0. The molecule has 1 aliphatic rings. The zero-order valence-corrected chi connectivity index (χ0v) is 11.1. The highest BCUT2D eigenvalue weighted by molar-refractivity contribution is 7.23. The third kappa shape index (κ3) is 1.85. The third-order valence-corrected chi connectivity index (χ3v) is 4.14. The Morgan fingerprint density at radius 3 is 2.25 bits per heavy atom. The quantitative estimate of drug-likeness (QED) is 0.735. The zero-order chi connectivity index (χ0) is 12.0. The second kappa shape index (κ2) is 3.72. The Morgan fingerprint density at radius 1 is 1.25 bits per heavy atom. The first-order valence-electron chi connectivity index (χ1n) is 5.21. The van der Waals surface area contributed by atoms with Gasteiger partial charge in [0.2, 0.25) is 0 Å². The first-order chi connectivity index (χ1) is 7.36. The molecule has 2 rings (SSSR count). The van der Waals surface area contributed by atoms with Crippen molar-refractivity contribution in [1.29, 1.82) is 0 Å². The van der Waals surface area contributed by atoms with Crippen LogP contribution in [0.1, 0.15) is 27.7 Å². The summed E-state index contributed by atoms with van der Waals surface area (Å²) in [6.07, 6.45) is 1.74. The van der Waals surface area contributed by atoms with E-state index in [0.717, 1.165) is 4.78 Å². The molecule has 0 radical (unpaired) electrons. The molecule has 6 heteroatoms. The van der Waals surface area contributed by atoms with Crippen LogP contribution in [-0.2, 0) is 9.31 Å². The summed E-state index contributed by atoms with van der Waals surface area (Å²) in [6, 6.07) is 0. The molecule has 4 nitrogen and oxygen atoms in total. The molecule has 0 spiro atoms. The molecule has 1 aliphatic heterocycles. The lowest BCUT2D eigenvalue weighted by molar-refractivity contribution is 0.00578. The molecule has 1 fully saturated rings. The van der Waals surface area contributed by atoms with Crippen LogP contribution in [0.4, 0.5) is 0 Å². The molecule has 0 aliphatic carbocycles. The molecule has 88 valence electrons. The second-order valence-electron chi connectivity index (χ2n) is 4.82. The zero-order valence-electron chi connectivity index (χ0n) is 10.2. The molecular weight excluding hydrogens is 225 g/mol. The smallest absolute Gasteiger partial charge is 0.473 e. The molecule has 0 N–H and O–H groups in total. The first-order valence-corrected chi connectivity index (χ1v) is 6.03. The fraction of sp³-hybridized carbons (Fsp3) is 0.700. The maximum absolute atomic E-state index is 5.90. The van der Waals surface area contributed by atoms with Crippen molar-refractivity contribution in [2.24, 2.45) is 0 Å². The van der Waals surface area contributed by atoms with Gasteiger partial charge in [0.05, 0.1) is 23.1 Å². The van der Waals surface area contributed by atoms with Gasteiger partial charge in [-0.3, -0.25) is 0 Å². The summed E-state index contributed by atoms with van der Waals surface area (Å²) in [7, 11) is 1.26. The summed E-state index contributed by atoms with van der Waals surface area (Å²) in [6.45, 7) is 8.13. The van der Waals surface area contributed by atoms with Crippen molar-refractivity contribution in [2.45, 2.75) is 38.9 Å². The minimum Gasteiger partial charge on any atom is -0.473 e. The SMILES string of the molecule is COc1ncc(B2OC(C)(C)C(C)(C)O2)s1. The van der Waals surface area contributed by atoms with Gasteiger partial charge >= 0.3 is 7.12 Å². The monoisotopic (exact) mass is 241 g/mol. The van der Waals surface area contributed by atoms with Crippen LogP contribution in [-0.4, -0.2) is 30.4 Å². The van der Waals surface area contributed by atoms with E-state index < -0.39 is 0 Å². The first kappa shape index (κ1) is 11.9. The highest BCUT2D eigenvalue weighted by Gasteiger charge is 2.52. The summed E-state index contributed by atoms with van der Waals surface area (Å²) < 4.78 is 17.8. The van der Waals surface area contributed by atoms with Gasteiger partial charge in [-0.2, -0.15) is 0 Å². The number of hydrogen-bond donors (Lipinski definition) is 0. The predicted molar refractivity (Wildman–Crippen MR) is 64.4 cm³/mol. The van der Waals surface area contributed by atoms with Crippen molar-refractivity contribution in [3.05, 3.63) is 6.20 Å². The molecule has 1 saturated heterocycles. The van der Waals surface area contributed by atoms with Crippen molar-refractivity contribution >= 4 is 23.2 Å². The highest BCUT2D eigenvalue weighted by Crippen LogP contribution is 2.37. The molecule has 0 amide bonds. The van der Waals surface area contributed by atoms with E-state index >= 15 is 0 Å². The van der Waals surface area contributed by atoms with Gasteiger partial charge in [0.1, 0.15) is 0 Å². The molecule has 1 aromatic heterocycles. The van der Waals surface area contributed by atoms with Crippen LogP contribution >= 0.6 is 11.3 Å². The summed E-state index contributed by atoms with van der Waals surface area (Å²) in [5, 5.41) is 0.629. The Morgan fingerprint density at radius 2 is 1.81 bits per heavy atom. The maximum Gasteiger partial charge on any atom is 0.507 e. The van der Waals surface area contributed by atoms with Crippen molar-refractivity contribution in [2.75, 3.05) is 7.11 Å². The second-order valence-corrected chi connectivity index (χ2v) is 5.85. The molecule has 0 saturated carbocycles. The number of thiazole rings is 1. The van der Waals surface area contributed by atoms with Gasteiger partial charge in [-0.15, -0.1) is 0 Å². The Hall–Kier alpha value is -0.585. The van der Waals surface area contributed by atoms with Crippen LogP contribution in [0.3, 0.4) is 0 Å². The van der Waals surface area contributed by atoms with E-state index in [1.165, 1.54) is 11.3 Å². The molecule has 1 aromatic rings. The molecule has 0 bridgehead atoms. The number of nitrogens with zero attached hydrogens (tertiary/aromatic N) is 1. The average Bonchev–Trinajstić information content (AvgIpc) is 2.70. The summed E-state index contributed by atoms with van der Waals surface area (Å²) >= 11 is 1.45. The van der Waals surface area contributed by atoms with E-state index in [2.05, 4.69) is 4.98 Å². The van der Waals surface area contributed by atoms with Gasteiger partial charge in [-0.1, -0.05) is 11.3 Å². The normalized spacial score (nSPS) is 22.4. The van der Waals surface area contributed by atoms with Gasteiger partial charge in [-0.05, 0) is 27.7 Å². The van der Waals surface area contributed by atoms with Crippen LogP contribution in [0.5, 0.6) is 5.19 Å². The fourth-order valence-corrected chi connectivity index (χ4v) is 2.12. The Labute approximate surface area is 100 Å². The van der Waals surface area contributed by atoms with Crippen molar-refractivity contribution in [1.82, 2.24) is 4.98 Å². The minimum atomic E-state index is -0.341. The Kier molecular flexibility index (Phi) is 2.76. The third-order valence-electron chi connectivity index (χ3n) is 3.16. The molecule has 16 heavy (non-hydrogen) atoms. The Balaban J connectivity index is 2.20. The average molecular weight is 241 g/mol. The van der Waals surface area contributed by atoms with Crippen molar-refractivity contribution in [3.63, 3.8) is 0 Å².